The first-order valence-electron chi connectivity index (χ1n) is 12.4. The second-order valence-corrected chi connectivity index (χ2v) is 9.42. The molecule has 5 rings (SSSR count). The van der Waals surface area contributed by atoms with Gasteiger partial charge < -0.3 is 20.5 Å². The lowest BCUT2D eigenvalue weighted by Crippen LogP contribution is -2.31. The number of fused-ring (bicyclic) bond motifs is 2. The molecular weight excluding hydrogens is 540 g/mol. The Morgan fingerprint density at radius 2 is 1.85 bits per heavy atom. The van der Waals surface area contributed by atoms with Crippen LogP contribution in [0.15, 0.2) is 42.6 Å². The van der Waals surface area contributed by atoms with E-state index in [0.717, 1.165) is 41.1 Å². The molecule has 2 aromatic carbocycles. The van der Waals surface area contributed by atoms with Gasteiger partial charge in [-0.05, 0) is 60.2 Å². The molecule has 2 aromatic heterocycles. The van der Waals surface area contributed by atoms with Crippen LogP contribution < -0.4 is 10.6 Å². The van der Waals surface area contributed by atoms with Crippen LogP contribution in [0.2, 0.25) is 0 Å². The summed E-state index contributed by atoms with van der Waals surface area (Å²) in [7, 11) is 1.16. The summed E-state index contributed by atoms with van der Waals surface area (Å²) in [4.78, 5) is 54.6. The Hall–Kier alpha value is -5.20. The number of aromatic nitrogens is 3. The van der Waals surface area contributed by atoms with Crippen molar-refractivity contribution in [2.75, 3.05) is 7.11 Å². The molecule has 0 spiro atoms. The van der Waals surface area contributed by atoms with Gasteiger partial charge in [0.25, 0.3) is 11.8 Å². The third kappa shape index (κ3) is 5.09. The van der Waals surface area contributed by atoms with E-state index in [9.17, 15) is 33.1 Å². The van der Waals surface area contributed by atoms with E-state index in [2.05, 4.69) is 20.7 Å². The van der Waals surface area contributed by atoms with Crippen molar-refractivity contribution >= 4 is 29.4 Å². The van der Waals surface area contributed by atoms with Crippen LogP contribution >= 0.6 is 0 Å². The molecule has 0 bridgehead atoms. The number of carboxylic acids is 1. The molecule has 0 unspecified atom stereocenters. The summed E-state index contributed by atoms with van der Waals surface area (Å²) in [6, 6.07) is 7.11. The molecule has 0 fully saturated rings. The molecular formula is C28H23F2N5O6. The van der Waals surface area contributed by atoms with Gasteiger partial charge in [0.2, 0.25) is 0 Å². The molecule has 1 atom stereocenters. The zero-order valence-corrected chi connectivity index (χ0v) is 21.8. The minimum Gasteiger partial charge on any atom is -0.478 e. The predicted molar refractivity (Wildman–Crippen MR) is 139 cm³/mol. The Morgan fingerprint density at radius 3 is 2.56 bits per heavy atom. The number of nitrogens with one attached hydrogen (secondary N) is 2. The standard InChI is InChI=1S/C28H23F2N5O6/c1-13-15-6-8-21(17(15)5-4-16(13)27(38)39)34-26(37)23-10-22(33-24-18(28(40)41-2)12-32-35(23)24)25(36)31-11-14-3-7-19(29)20(30)9-14/h3-5,7,9-10,12,21H,6,8,11H2,1-2H3,(H,31,36)(H,34,37)(H,38,39)/t21-/m0/s1. The number of benzene rings is 2. The molecule has 3 N–H and O–H groups in total. The van der Waals surface area contributed by atoms with E-state index in [1.54, 1.807) is 13.0 Å². The number of rotatable bonds is 7. The zero-order chi connectivity index (χ0) is 29.4. The molecule has 2 amide bonds. The van der Waals surface area contributed by atoms with Crippen LogP contribution in [0.25, 0.3) is 5.65 Å². The van der Waals surface area contributed by atoms with Crippen LogP contribution in [-0.4, -0.2) is 50.6 Å². The maximum atomic E-state index is 13.6. The Balaban J connectivity index is 1.47. The SMILES string of the molecule is COC(=O)c1cnn2c(C(=O)N[C@H]3CCc4c3ccc(C(=O)O)c4C)cc(C(=O)NCc3ccc(F)c(F)c3)nc12. The van der Waals surface area contributed by atoms with Crippen molar-refractivity contribution in [3.8, 4) is 0 Å². The molecule has 1 aliphatic carbocycles. The molecule has 0 aliphatic heterocycles. The van der Waals surface area contributed by atoms with Gasteiger partial charge in [0.1, 0.15) is 17.0 Å². The normalized spacial score (nSPS) is 14.0. The molecule has 1 aliphatic rings. The topological polar surface area (TPSA) is 152 Å². The minimum absolute atomic E-state index is 0.0835. The number of carbonyl (C=O) groups is 4. The summed E-state index contributed by atoms with van der Waals surface area (Å²) < 4.78 is 32.7. The lowest BCUT2D eigenvalue weighted by Gasteiger charge is -2.16. The van der Waals surface area contributed by atoms with Crippen LogP contribution in [0.3, 0.4) is 0 Å². The highest BCUT2D eigenvalue weighted by atomic mass is 19.2. The summed E-state index contributed by atoms with van der Waals surface area (Å²) in [5, 5.41) is 19.0. The second kappa shape index (κ2) is 10.8. The number of ether oxygens (including phenoxy) is 1. The van der Waals surface area contributed by atoms with Crippen LogP contribution in [-0.2, 0) is 17.7 Å². The fourth-order valence-electron chi connectivity index (χ4n) is 4.91. The summed E-state index contributed by atoms with van der Waals surface area (Å²) >= 11 is 0. The van der Waals surface area contributed by atoms with Crippen molar-refractivity contribution in [1.29, 1.82) is 0 Å². The van der Waals surface area contributed by atoms with Gasteiger partial charge in [0.05, 0.1) is 24.9 Å². The number of amides is 2. The van der Waals surface area contributed by atoms with E-state index >= 15 is 0 Å². The monoisotopic (exact) mass is 563 g/mol. The van der Waals surface area contributed by atoms with Gasteiger partial charge in [-0.25, -0.2) is 27.9 Å². The number of carboxylic acid groups (broad SMARTS) is 1. The van der Waals surface area contributed by atoms with Gasteiger partial charge in [-0.1, -0.05) is 12.1 Å². The van der Waals surface area contributed by atoms with Crippen molar-refractivity contribution < 1.29 is 37.8 Å². The highest BCUT2D eigenvalue weighted by Gasteiger charge is 2.29. The fraction of sp³-hybridized carbons (Fsp3) is 0.214. The number of nitrogens with zero attached hydrogens (tertiary/aromatic N) is 3. The largest absolute Gasteiger partial charge is 0.478 e. The fourth-order valence-corrected chi connectivity index (χ4v) is 4.91. The van der Waals surface area contributed by atoms with Gasteiger partial charge in [0, 0.05) is 12.6 Å². The number of hydrogen-bond donors (Lipinski definition) is 3. The van der Waals surface area contributed by atoms with Crippen molar-refractivity contribution in [3.63, 3.8) is 0 Å². The summed E-state index contributed by atoms with van der Waals surface area (Å²) in [6.07, 6.45) is 2.24. The Morgan fingerprint density at radius 1 is 1.07 bits per heavy atom. The highest BCUT2D eigenvalue weighted by Crippen LogP contribution is 2.35. The van der Waals surface area contributed by atoms with Gasteiger partial charge in [-0.15, -0.1) is 0 Å². The molecule has 4 aromatic rings. The van der Waals surface area contributed by atoms with E-state index in [4.69, 9.17) is 4.74 Å². The Kier molecular flexibility index (Phi) is 7.18. The van der Waals surface area contributed by atoms with Crippen molar-refractivity contribution in [3.05, 3.63) is 99.0 Å². The number of aromatic carboxylic acids is 1. The lowest BCUT2D eigenvalue weighted by molar-refractivity contribution is 0.0601. The van der Waals surface area contributed by atoms with E-state index in [1.165, 1.54) is 18.2 Å². The molecule has 41 heavy (non-hydrogen) atoms. The summed E-state index contributed by atoms with van der Waals surface area (Å²) in [5.74, 6) is -5.28. The van der Waals surface area contributed by atoms with E-state index in [-0.39, 0.29) is 40.3 Å². The maximum Gasteiger partial charge on any atom is 0.343 e. The van der Waals surface area contributed by atoms with Crippen LogP contribution in [0, 0.1) is 18.6 Å². The molecule has 13 heteroatoms. The number of methoxy groups -OCH3 is 1. The first kappa shape index (κ1) is 27.4. The maximum absolute atomic E-state index is 13.6. The lowest BCUT2D eigenvalue weighted by atomic mass is 9.98. The van der Waals surface area contributed by atoms with Crippen LogP contribution in [0.4, 0.5) is 8.78 Å². The molecule has 2 heterocycles. The van der Waals surface area contributed by atoms with Crippen molar-refractivity contribution in [2.45, 2.75) is 32.4 Å². The first-order valence-corrected chi connectivity index (χ1v) is 12.4. The number of halogens is 2. The Bertz CT molecular complexity index is 1750. The predicted octanol–water partition coefficient (Wildman–Crippen LogP) is 3.15. The smallest absolute Gasteiger partial charge is 0.343 e. The average molecular weight is 564 g/mol. The minimum atomic E-state index is -1.07. The second-order valence-electron chi connectivity index (χ2n) is 9.42. The number of esters is 1. The third-order valence-electron chi connectivity index (χ3n) is 7.01. The van der Waals surface area contributed by atoms with Crippen LogP contribution in [0.1, 0.15) is 76.4 Å². The molecule has 0 saturated carbocycles. The van der Waals surface area contributed by atoms with Gasteiger partial charge in [-0.2, -0.15) is 5.10 Å². The molecule has 0 saturated heterocycles. The zero-order valence-electron chi connectivity index (χ0n) is 21.8. The van der Waals surface area contributed by atoms with Crippen LogP contribution in [0.5, 0.6) is 0 Å². The number of carbonyl (C=O) groups excluding carboxylic acids is 3. The van der Waals surface area contributed by atoms with E-state index < -0.39 is 41.4 Å². The summed E-state index contributed by atoms with van der Waals surface area (Å²) in [5.41, 5.74) is 2.23. The highest BCUT2D eigenvalue weighted by molar-refractivity contribution is 6.01. The van der Waals surface area contributed by atoms with E-state index in [1.807, 2.05) is 0 Å². The number of hydrogen-bond acceptors (Lipinski definition) is 7. The van der Waals surface area contributed by atoms with Gasteiger partial charge in [-0.3, -0.25) is 9.59 Å². The quantitative estimate of drug-likeness (QED) is 0.290. The first-order chi connectivity index (χ1) is 19.6. The average Bonchev–Trinajstić information content (AvgIpc) is 3.57. The van der Waals surface area contributed by atoms with Gasteiger partial charge >= 0.3 is 11.9 Å². The van der Waals surface area contributed by atoms with E-state index in [0.29, 0.717) is 18.4 Å². The molecule has 210 valence electrons. The summed E-state index contributed by atoms with van der Waals surface area (Å²) in [6.45, 7) is 1.56. The van der Waals surface area contributed by atoms with Crippen molar-refractivity contribution in [1.82, 2.24) is 25.2 Å². The van der Waals surface area contributed by atoms with Gasteiger partial charge in [0.15, 0.2) is 17.3 Å². The van der Waals surface area contributed by atoms with Crippen molar-refractivity contribution in [2.24, 2.45) is 0 Å². The molecule has 11 nitrogen and oxygen atoms in total. The molecule has 0 radical (unpaired) electrons. The Labute approximate surface area is 231 Å². The third-order valence-corrected chi connectivity index (χ3v) is 7.01.